The summed E-state index contributed by atoms with van der Waals surface area (Å²) in [5.41, 5.74) is 6.90. The minimum atomic E-state index is -1.07. The molecule has 34 heavy (non-hydrogen) atoms. The van der Waals surface area contributed by atoms with Gasteiger partial charge in [0.25, 0.3) is 0 Å². The molecule has 0 bridgehead atoms. The standard InChI is InChI=1S/C25H21N7O2/c1-2-17-13-22(23-20(27-17)11-12-21(28-23)25(33)34)26-14-15-7-9-16(10-8-15)18-5-3-4-6-19(18)24-29-31-32-30-24/h3-13H,2,14H2,1H3,(H,26,27)(H,33,34)(H,29,30,31,32). The average molecular weight is 451 g/mol. The summed E-state index contributed by atoms with van der Waals surface area (Å²) in [5, 5.41) is 27.1. The first-order chi connectivity index (χ1) is 16.6. The van der Waals surface area contributed by atoms with Crippen LogP contribution in [0.1, 0.15) is 28.7 Å². The quantitative estimate of drug-likeness (QED) is 0.333. The van der Waals surface area contributed by atoms with Gasteiger partial charge in [0, 0.05) is 17.8 Å². The fourth-order valence-electron chi connectivity index (χ4n) is 3.80. The highest BCUT2D eigenvalue weighted by Gasteiger charge is 2.13. The molecule has 5 aromatic rings. The van der Waals surface area contributed by atoms with Gasteiger partial charge in [0.15, 0.2) is 0 Å². The Balaban J connectivity index is 1.41. The summed E-state index contributed by atoms with van der Waals surface area (Å²) in [6.45, 7) is 2.58. The number of hydrogen-bond donors (Lipinski definition) is 3. The second kappa shape index (κ2) is 9.07. The number of rotatable bonds is 7. The van der Waals surface area contributed by atoms with Gasteiger partial charge in [0.2, 0.25) is 5.82 Å². The predicted molar refractivity (Wildman–Crippen MR) is 128 cm³/mol. The monoisotopic (exact) mass is 451 g/mol. The third kappa shape index (κ3) is 4.18. The lowest BCUT2D eigenvalue weighted by Gasteiger charge is -2.12. The Kier molecular flexibility index (Phi) is 5.65. The van der Waals surface area contributed by atoms with Crippen LogP contribution in [0, 0.1) is 0 Å². The number of pyridine rings is 2. The van der Waals surface area contributed by atoms with Crippen LogP contribution < -0.4 is 5.32 Å². The fourth-order valence-corrected chi connectivity index (χ4v) is 3.80. The van der Waals surface area contributed by atoms with Crippen LogP contribution in [0.15, 0.2) is 66.7 Å². The number of benzene rings is 2. The van der Waals surface area contributed by atoms with E-state index in [2.05, 4.69) is 60.2 Å². The Bertz CT molecular complexity index is 1470. The maximum atomic E-state index is 11.4. The number of H-pyrrole nitrogens is 1. The molecular formula is C25H21N7O2. The van der Waals surface area contributed by atoms with Gasteiger partial charge in [-0.05, 0) is 46.5 Å². The van der Waals surface area contributed by atoms with Crippen molar-refractivity contribution in [3.05, 3.63) is 83.7 Å². The molecule has 0 fully saturated rings. The third-order valence-electron chi connectivity index (χ3n) is 5.55. The van der Waals surface area contributed by atoms with Crippen molar-refractivity contribution >= 4 is 22.7 Å². The lowest BCUT2D eigenvalue weighted by molar-refractivity contribution is 0.0691. The highest BCUT2D eigenvalue weighted by Crippen LogP contribution is 2.30. The number of aromatic nitrogens is 6. The first-order valence-corrected chi connectivity index (χ1v) is 10.8. The minimum Gasteiger partial charge on any atom is -0.477 e. The molecule has 3 N–H and O–H groups in total. The lowest BCUT2D eigenvalue weighted by atomic mass is 9.98. The number of aromatic carboxylic acids is 1. The Labute approximate surface area is 194 Å². The van der Waals surface area contributed by atoms with Gasteiger partial charge >= 0.3 is 5.97 Å². The molecule has 0 saturated heterocycles. The van der Waals surface area contributed by atoms with Gasteiger partial charge < -0.3 is 10.4 Å². The molecule has 9 nitrogen and oxygen atoms in total. The highest BCUT2D eigenvalue weighted by atomic mass is 16.4. The molecule has 0 atom stereocenters. The third-order valence-corrected chi connectivity index (χ3v) is 5.55. The van der Waals surface area contributed by atoms with Crippen molar-refractivity contribution in [3.63, 3.8) is 0 Å². The number of fused-ring (bicyclic) bond motifs is 1. The van der Waals surface area contributed by atoms with Crippen molar-refractivity contribution in [2.75, 3.05) is 5.32 Å². The molecule has 9 heteroatoms. The average Bonchev–Trinajstić information content (AvgIpc) is 3.42. The molecule has 0 radical (unpaired) electrons. The van der Waals surface area contributed by atoms with Crippen LogP contribution in [0.5, 0.6) is 0 Å². The van der Waals surface area contributed by atoms with Crippen LogP contribution in [0.25, 0.3) is 33.5 Å². The number of carboxylic acid groups (broad SMARTS) is 1. The van der Waals surface area contributed by atoms with Crippen molar-refractivity contribution in [2.45, 2.75) is 19.9 Å². The van der Waals surface area contributed by atoms with Crippen LogP contribution in [0.4, 0.5) is 5.69 Å². The van der Waals surface area contributed by atoms with E-state index < -0.39 is 5.97 Å². The molecule has 0 amide bonds. The summed E-state index contributed by atoms with van der Waals surface area (Å²) in [6, 6.07) is 21.2. The molecule has 2 aromatic carbocycles. The molecular weight excluding hydrogens is 430 g/mol. The van der Waals surface area contributed by atoms with Crippen LogP contribution in [0.2, 0.25) is 0 Å². The zero-order valence-corrected chi connectivity index (χ0v) is 18.4. The van der Waals surface area contributed by atoms with E-state index in [0.717, 1.165) is 40.1 Å². The number of anilines is 1. The van der Waals surface area contributed by atoms with Gasteiger partial charge in [0.1, 0.15) is 11.2 Å². The highest BCUT2D eigenvalue weighted by molar-refractivity contribution is 5.93. The number of carboxylic acids is 1. The summed E-state index contributed by atoms with van der Waals surface area (Å²) in [7, 11) is 0. The largest absolute Gasteiger partial charge is 0.477 e. The van der Waals surface area contributed by atoms with Crippen molar-refractivity contribution in [1.82, 2.24) is 30.6 Å². The van der Waals surface area contributed by atoms with Crippen LogP contribution in [-0.4, -0.2) is 41.7 Å². The van der Waals surface area contributed by atoms with Crippen molar-refractivity contribution < 1.29 is 9.90 Å². The summed E-state index contributed by atoms with van der Waals surface area (Å²) >= 11 is 0. The Morgan fingerprint density at radius 3 is 2.50 bits per heavy atom. The van der Waals surface area contributed by atoms with Crippen LogP contribution >= 0.6 is 0 Å². The van der Waals surface area contributed by atoms with Gasteiger partial charge in [-0.1, -0.05) is 55.5 Å². The summed E-state index contributed by atoms with van der Waals surface area (Å²) < 4.78 is 0. The fraction of sp³-hybridized carbons (Fsp3) is 0.120. The number of nitrogens with one attached hydrogen (secondary N) is 2. The minimum absolute atomic E-state index is 0.00813. The number of nitrogens with zero attached hydrogens (tertiary/aromatic N) is 5. The van der Waals surface area contributed by atoms with E-state index in [1.807, 2.05) is 37.3 Å². The van der Waals surface area contributed by atoms with Gasteiger partial charge in [-0.15, -0.1) is 10.2 Å². The first-order valence-electron chi connectivity index (χ1n) is 10.8. The van der Waals surface area contributed by atoms with E-state index in [4.69, 9.17) is 0 Å². The van der Waals surface area contributed by atoms with Crippen molar-refractivity contribution in [3.8, 4) is 22.5 Å². The van der Waals surface area contributed by atoms with Crippen molar-refractivity contribution in [1.29, 1.82) is 0 Å². The number of aryl methyl sites for hydroxylation is 1. The molecule has 0 aliphatic heterocycles. The molecule has 168 valence electrons. The van der Waals surface area contributed by atoms with Crippen LogP contribution in [-0.2, 0) is 13.0 Å². The van der Waals surface area contributed by atoms with Gasteiger partial charge in [0.05, 0.1) is 11.2 Å². The summed E-state index contributed by atoms with van der Waals surface area (Å²) in [6.07, 6.45) is 0.764. The maximum Gasteiger partial charge on any atom is 0.354 e. The molecule has 0 aliphatic carbocycles. The summed E-state index contributed by atoms with van der Waals surface area (Å²) in [4.78, 5) is 20.3. The van der Waals surface area contributed by atoms with E-state index >= 15 is 0 Å². The first kappa shape index (κ1) is 21.2. The molecule has 0 saturated carbocycles. The van der Waals surface area contributed by atoms with E-state index in [0.29, 0.717) is 23.4 Å². The smallest absolute Gasteiger partial charge is 0.354 e. The van der Waals surface area contributed by atoms with E-state index in [9.17, 15) is 9.90 Å². The van der Waals surface area contributed by atoms with Gasteiger partial charge in [-0.3, -0.25) is 4.98 Å². The zero-order valence-electron chi connectivity index (χ0n) is 18.4. The Morgan fingerprint density at radius 1 is 1.00 bits per heavy atom. The number of tetrazole rings is 1. The van der Waals surface area contributed by atoms with E-state index in [1.54, 1.807) is 6.07 Å². The Morgan fingerprint density at radius 2 is 1.79 bits per heavy atom. The topological polar surface area (TPSA) is 130 Å². The van der Waals surface area contributed by atoms with Crippen LogP contribution in [0.3, 0.4) is 0 Å². The van der Waals surface area contributed by atoms with E-state index in [-0.39, 0.29) is 5.69 Å². The van der Waals surface area contributed by atoms with Gasteiger partial charge in [-0.2, -0.15) is 5.21 Å². The number of hydrogen-bond acceptors (Lipinski definition) is 7. The lowest BCUT2D eigenvalue weighted by Crippen LogP contribution is -2.06. The molecule has 3 aromatic heterocycles. The molecule has 0 spiro atoms. The van der Waals surface area contributed by atoms with Crippen molar-refractivity contribution in [2.24, 2.45) is 0 Å². The molecule has 0 unspecified atom stereocenters. The Hall–Kier alpha value is -4.66. The SMILES string of the molecule is CCc1cc(NCc2ccc(-c3ccccc3-c3nn[nH]n3)cc2)c2nc(C(=O)O)ccc2n1. The van der Waals surface area contributed by atoms with Gasteiger partial charge in [-0.25, -0.2) is 9.78 Å². The van der Waals surface area contributed by atoms with E-state index in [1.165, 1.54) is 6.07 Å². The number of aromatic amines is 1. The molecule has 0 aliphatic rings. The predicted octanol–water partition coefficient (Wildman–Crippen LogP) is 4.35. The second-order valence-corrected chi connectivity index (χ2v) is 7.72. The normalized spacial score (nSPS) is 11.0. The maximum absolute atomic E-state index is 11.4. The zero-order chi connectivity index (χ0) is 23.5. The molecule has 5 rings (SSSR count). The molecule has 3 heterocycles. The number of carbonyl (C=O) groups is 1. The second-order valence-electron chi connectivity index (χ2n) is 7.72. The summed E-state index contributed by atoms with van der Waals surface area (Å²) in [5.74, 6) is -0.519.